The van der Waals surface area contributed by atoms with Gasteiger partial charge in [0.1, 0.15) is 5.69 Å². The first kappa shape index (κ1) is 24.4. The van der Waals surface area contributed by atoms with Crippen LogP contribution >= 0.6 is 11.6 Å². The Labute approximate surface area is 190 Å². The molecule has 0 spiro atoms. The number of amides is 2. The summed E-state index contributed by atoms with van der Waals surface area (Å²) in [5.74, 6) is 0. The maximum atomic E-state index is 13.3. The zero-order valence-electron chi connectivity index (χ0n) is 16.6. The quantitative estimate of drug-likeness (QED) is 0.447. The molecular formula is C20H13ClF9N3O. The van der Waals surface area contributed by atoms with Crippen LogP contribution in [0.1, 0.15) is 52.9 Å². The van der Waals surface area contributed by atoms with Gasteiger partial charge in [0.2, 0.25) is 0 Å². The number of benzene rings is 1. The molecule has 14 heteroatoms. The maximum absolute atomic E-state index is 13.3. The number of pyridine rings is 1. The number of nitrogens with one attached hydrogen (secondary N) is 1. The van der Waals surface area contributed by atoms with Crippen molar-refractivity contribution in [2.75, 3.05) is 0 Å². The molecule has 4 nitrogen and oxygen atoms in total. The van der Waals surface area contributed by atoms with Crippen LogP contribution in [0.15, 0.2) is 30.5 Å². The van der Waals surface area contributed by atoms with Gasteiger partial charge in [0.05, 0.1) is 34.3 Å². The van der Waals surface area contributed by atoms with Crippen LogP contribution < -0.4 is 5.32 Å². The number of hydrogen-bond acceptors (Lipinski definition) is 2. The molecule has 1 aromatic heterocycles. The van der Waals surface area contributed by atoms with Crippen LogP contribution in [0.5, 0.6) is 0 Å². The van der Waals surface area contributed by atoms with Crippen molar-refractivity contribution in [2.24, 2.45) is 0 Å². The fourth-order valence-corrected chi connectivity index (χ4v) is 4.62. The summed E-state index contributed by atoms with van der Waals surface area (Å²) < 4.78 is 119. The Morgan fingerprint density at radius 1 is 0.882 bits per heavy atom. The fourth-order valence-electron chi connectivity index (χ4n) is 4.40. The molecule has 1 aromatic carbocycles. The number of fused-ring (bicyclic) bond motifs is 1. The summed E-state index contributed by atoms with van der Waals surface area (Å²) >= 11 is 6.02. The van der Waals surface area contributed by atoms with Gasteiger partial charge in [0.25, 0.3) is 0 Å². The molecule has 0 saturated carbocycles. The Hall–Kier alpha value is -2.70. The lowest BCUT2D eigenvalue weighted by atomic mass is 9.94. The van der Waals surface area contributed by atoms with Gasteiger partial charge in [-0.05, 0) is 48.2 Å². The molecule has 3 heterocycles. The molecule has 2 aromatic rings. The van der Waals surface area contributed by atoms with E-state index in [2.05, 4.69) is 10.3 Å². The van der Waals surface area contributed by atoms with Crippen molar-refractivity contribution in [2.45, 2.75) is 49.5 Å². The van der Waals surface area contributed by atoms with Gasteiger partial charge in [-0.25, -0.2) is 4.79 Å². The molecule has 34 heavy (non-hydrogen) atoms. The first-order chi connectivity index (χ1) is 15.6. The van der Waals surface area contributed by atoms with Gasteiger partial charge in [-0.15, -0.1) is 0 Å². The number of carbonyl (C=O) groups is 1. The zero-order chi connectivity index (χ0) is 25.2. The molecule has 1 N–H and O–H groups in total. The van der Waals surface area contributed by atoms with E-state index in [1.807, 2.05) is 0 Å². The van der Waals surface area contributed by atoms with Gasteiger partial charge in [-0.1, -0.05) is 11.6 Å². The number of alkyl halides is 9. The summed E-state index contributed by atoms with van der Waals surface area (Å²) in [4.78, 5) is 17.0. The molecule has 2 saturated heterocycles. The number of nitrogens with zero attached hydrogens (tertiary/aromatic N) is 2. The standard InChI is InChI=1S/C20H13ClF9N3O/c21-12-7-31-15(20(28,29)30)6-11(12)13-1-2-14-16(32-17(34)33(13)14)8-3-9(18(22,23)24)5-10(4-8)19(25,26)27/h3-7,13-14,16H,1-2H2,(H,32,34). The van der Waals surface area contributed by atoms with Gasteiger partial charge in [0.15, 0.2) is 0 Å². The summed E-state index contributed by atoms with van der Waals surface area (Å²) in [5.41, 5.74) is -4.81. The summed E-state index contributed by atoms with van der Waals surface area (Å²) in [5, 5.41) is 2.21. The number of carbonyl (C=O) groups excluding carboxylic acids is 1. The molecule has 3 unspecified atom stereocenters. The predicted molar refractivity (Wildman–Crippen MR) is 99.6 cm³/mol. The second-order valence-electron chi connectivity index (χ2n) is 7.92. The predicted octanol–water partition coefficient (Wildman–Crippen LogP) is 6.76. The highest BCUT2D eigenvalue weighted by molar-refractivity contribution is 6.31. The summed E-state index contributed by atoms with van der Waals surface area (Å²) in [6.07, 6.45) is -14.0. The average Bonchev–Trinajstić information content (AvgIpc) is 3.27. The van der Waals surface area contributed by atoms with Crippen molar-refractivity contribution in [3.05, 3.63) is 63.4 Å². The largest absolute Gasteiger partial charge is 0.433 e. The highest BCUT2D eigenvalue weighted by Crippen LogP contribution is 2.48. The van der Waals surface area contributed by atoms with Crippen molar-refractivity contribution in [3.63, 3.8) is 0 Å². The molecule has 3 atom stereocenters. The molecule has 0 aliphatic carbocycles. The second kappa shape index (κ2) is 7.92. The lowest BCUT2D eigenvalue weighted by Crippen LogP contribution is -2.32. The van der Waals surface area contributed by atoms with E-state index in [-0.39, 0.29) is 29.5 Å². The van der Waals surface area contributed by atoms with Crippen molar-refractivity contribution in [3.8, 4) is 0 Å². The minimum Gasteiger partial charge on any atom is -0.329 e. The first-order valence-electron chi connectivity index (χ1n) is 9.68. The second-order valence-corrected chi connectivity index (χ2v) is 8.33. The van der Waals surface area contributed by atoms with Crippen LogP contribution in [0.3, 0.4) is 0 Å². The smallest absolute Gasteiger partial charge is 0.329 e. The van der Waals surface area contributed by atoms with Crippen LogP contribution in [-0.4, -0.2) is 22.0 Å². The molecule has 184 valence electrons. The van der Waals surface area contributed by atoms with E-state index in [0.29, 0.717) is 18.2 Å². The van der Waals surface area contributed by atoms with Crippen molar-refractivity contribution in [1.82, 2.24) is 15.2 Å². The molecule has 2 fully saturated rings. The van der Waals surface area contributed by atoms with E-state index in [4.69, 9.17) is 11.6 Å². The highest BCUT2D eigenvalue weighted by Gasteiger charge is 2.50. The lowest BCUT2D eigenvalue weighted by Gasteiger charge is -2.26. The normalized spacial score (nSPS) is 23.3. The third-order valence-electron chi connectivity index (χ3n) is 5.83. The van der Waals surface area contributed by atoms with E-state index in [9.17, 15) is 44.3 Å². The number of aromatic nitrogens is 1. The van der Waals surface area contributed by atoms with Crippen molar-refractivity contribution < 1.29 is 44.3 Å². The Balaban J connectivity index is 1.73. The summed E-state index contributed by atoms with van der Waals surface area (Å²) in [7, 11) is 0. The van der Waals surface area contributed by atoms with E-state index in [0.717, 1.165) is 11.1 Å². The van der Waals surface area contributed by atoms with Crippen LogP contribution in [0.4, 0.5) is 44.3 Å². The Kier molecular flexibility index (Phi) is 5.69. The lowest BCUT2D eigenvalue weighted by molar-refractivity contribution is -0.143. The topological polar surface area (TPSA) is 45.2 Å². The Bertz CT molecular complexity index is 1100. The van der Waals surface area contributed by atoms with Gasteiger partial charge < -0.3 is 10.2 Å². The van der Waals surface area contributed by atoms with Crippen molar-refractivity contribution in [1.29, 1.82) is 0 Å². The molecule has 2 aliphatic rings. The van der Waals surface area contributed by atoms with E-state index >= 15 is 0 Å². The van der Waals surface area contributed by atoms with Crippen LogP contribution in [0.25, 0.3) is 0 Å². The monoisotopic (exact) mass is 517 g/mol. The van der Waals surface area contributed by atoms with E-state index in [1.54, 1.807) is 0 Å². The first-order valence-corrected chi connectivity index (χ1v) is 10.1. The van der Waals surface area contributed by atoms with Gasteiger partial charge >= 0.3 is 24.6 Å². The van der Waals surface area contributed by atoms with Gasteiger partial charge in [0, 0.05) is 6.20 Å². The number of urea groups is 1. The van der Waals surface area contributed by atoms with E-state index < -0.39 is 65.1 Å². The number of halogens is 10. The molecule has 0 bridgehead atoms. The van der Waals surface area contributed by atoms with Gasteiger partial charge in [-0.3, -0.25) is 4.98 Å². The highest BCUT2D eigenvalue weighted by atomic mass is 35.5. The molecule has 4 rings (SSSR count). The fraction of sp³-hybridized carbons (Fsp3) is 0.400. The minimum atomic E-state index is -5.07. The number of rotatable bonds is 2. The summed E-state index contributed by atoms with van der Waals surface area (Å²) in [6, 6.07) is -2.25. The number of hydrogen-bond donors (Lipinski definition) is 1. The third kappa shape index (κ3) is 4.37. The van der Waals surface area contributed by atoms with Gasteiger partial charge in [-0.2, -0.15) is 39.5 Å². The Morgan fingerprint density at radius 2 is 1.47 bits per heavy atom. The minimum absolute atomic E-state index is 0.0229. The summed E-state index contributed by atoms with van der Waals surface area (Å²) in [6.45, 7) is 0. The average molecular weight is 518 g/mol. The Morgan fingerprint density at radius 3 is 2.00 bits per heavy atom. The maximum Gasteiger partial charge on any atom is 0.433 e. The molecule has 2 amide bonds. The SMILES string of the molecule is O=C1NC(c2cc(C(F)(F)F)cc(C(F)(F)F)c2)C2CCC(c3cc(C(F)(F)F)ncc3Cl)N12. The molecular weight excluding hydrogens is 505 g/mol. The zero-order valence-corrected chi connectivity index (χ0v) is 17.4. The molecule has 0 radical (unpaired) electrons. The molecule has 2 aliphatic heterocycles. The van der Waals surface area contributed by atoms with Crippen LogP contribution in [0, 0.1) is 0 Å². The third-order valence-corrected chi connectivity index (χ3v) is 6.15. The van der Waals surface area contributed by atoms with E-state index in [1.165, 1.54) is 0 Å². The van der Waals surface area contributed by atoms with Crippen LogP contribution in [-0.2, 0) is 18.5 Å². The van der Waals surface area contributed by atoms with Crippen LogP contribution in [0.2, 0.25) is 5.02 Å². The van der Waals surface area contributed by atoms with Crippen molar-refractivity contribution >= 4 is 17.6 Å².